The third-order valence-corrected chi connectivity index (χ3v) is 3.87. The van der Waals surface area contributed by atoms with Gasteiger partial charge in [-0.3, -0.25) is 4.39 Å². The SMILES string of the molecule is C=CSCC.CCSCCCl.CCSCCF. The van der Waals surface area contributed by atoms with Crippen LogP contribution in [0.25, 0.3) is 0 Å². The molecule has 0 nitrogen and oxygen atoms in total. The Bertz CT molecular complexity index is 99.9. The third kappa shape index (κ3) is 47.2. The molecule has 5 heteroatoms. The lowest BCUT2D eigenvalue weighted by atomic mass is 10.9. The Labute approximate surface area is 125 Å². The van der Waals surface area contributed by atoms with Crippen molar-refractivity contribution in [2.45, 2.75) is 20.8 Å². The van der Waals surface area contributed by atoms with E-state index < -0.39 is 0 Å². The van der Waals surface area contributed by atoms with Crippen LogP contribution in [-0.4, -0.2) is 41.3 Å². The van der Waals surface area contributed by atoms with Crippen molar-refractivity contribution in [1.29, 1.82) is 0 Å². The number of hydrogen-bond acceptors (Lipinski definition) is 3. The van der Waals surface area contributed by atoms with Crippen LogP contribution in [0.3, 0.4) is 0 Å². The van der Waals surface area contributed by atoms with E-state index >= 15 is 0 Å². The molecule has 0 bridgehead atoms. The third-order valence-electron chi connectivity index (χ3n) is 1.14. The molecule has 0 fully saturated rings. The lowest BCUT2D eigenvalue weighted by molar-refractivity contribution is 0.533. The van der Waals surface area contributed by atoms with Crippen molar-refractivity contribution in [1.82, 2.24) is 0 Å². The van der Waals surface area contributed by atoms with E-state index in [1.165, 1.54) is 5.75 Å². The Hall–Kier alpha value is 1.01. The highest BCUT2D eigenvalue weighted by atomic mass is 35.5. The first-order valence-corrected chi connectivity index (χ1v) is 9.64. The summed E-state index contributed by atoms with van der Waals surface area (Å²) in [6.45, 7) is 9.60. The van der Waals surface area contributed by atoms with Crippen LogP contribution in [0.15, 0.2) is 12.0 Å². The van der Waals surface area contributed by atoms with Crippen molar-refractivity contribution in [3.8, 4) is 0 Å². The maximum Gasteiger partial charge on any atom is 0.0984 e. The second kappa shape index (κ2) is 30.2. The Kier molecular flexibility index (Phi) is 41.1. The number of halogens is 2. The highest BCUT2D eigenvalue weighted by molar-refractivity contribution is 8.02. The zero-order chi connectivity index (χ0) is 13.8. The van der Waals surface area contributed by atoms with Crippen LogP contribution in [0, 0.1) is 0 Å². The van der Waals surface area contributed by atoms with E-state index in [9.17, 15) is 4.39 Å². The molecule has 0 aliphatic carbocycles. The molecule has 0 saturated carbocycles. The molecule has 17 heavy (non-hydrogen) atoms. The van der Waals surface area contributed by atoms with Gasteiger partial charge in [-0.25, -0.2) is 0 Å². The first-order chi connectivity index (χ1) is 8.24. The minimum Gasteiger partial charge on any atom is -0.250 e. The standard InChI is InChI=1S/C4H9ClS.C4H9FS.C4H8S/c2*1-2-6-4-3-5;1-3-5-4-2/h2*2-4H2,1H3;3H,1,4H2,2H3. The van der Waals surface area contributed by atoms with Crippen LogP contribution >= 0.6 is 46.9 Å². The van der Waals surface area contributed by atoms with E-state index in [2.05, 4.69) is 20.4 Å². The molecular weight excluding hydrogens is 295 g/mol. The van der Waals surface area contributed by atoms with E-state index in [-0.39, 0.29) is 6.67 Å². The quantitative estimate of drug-likeness (QED) is 0.424. The summed E-state index contributed by atoms with van der Waals surface area (Å²) in [7, 11) is 0. The van der Waals surface area contributed by atoms with Crippen molar-refractivity contribution in [3.05, 3.63) is 12.0 Å². The van der Waals surface area contributed by atoms with Crippen molar-refractivity contribution in [2.75, 3.05) is 41.3 Å². The molecule has 0 amide bonds. The van der Waals surface area contributed by atoms with E-state index in [4.69, 9.17) is 11.6 Å². The predicted octanol–water partition coefficient (Wildman–Crippen LogP) is 5.57. The van der Waals surface area contributed by atoms with E-state index in [0.717, 1.165) is 23.1 Å². The summed E-state index contributed by atoms with van der Waals surface area (Å²) < 4.78 is 11.2. The molecule has 0 aliphatic heterocycles. The van der Waals surface area contributed by atoms with Crippen LogP contribution in [0.5, 0.6) is 0 Å². The summed E-state index contributed by atoms with van der Waals surface area (Å²) in [5.41, 5.74) is 0. The Balaban J connectivity index is -0.000000174. The van der Waals surface area contributed by atoms with E-state index in [1.54, 1.807) is 23.5 Å². The molecule has 0 atom stereocenters. The zero-order valence-corrected chi connectivity index (χ0v) is 14.4. The van der Waals surface area contributed by atoms with Gasteiger partial charge >= 0.3 is 0 Å². The lowest BCUT2D eigenvalue weighted by Gasteiger charge is -1.85. The van der Waals surface area contributed by atoms with Crippen molar-refractivity contribution < 1.29 is 4.39 Å². The van der Waals surface area contributed by atoms with Gasteiger partial charge < -0.3 is 0 Å². The highest BCUT2D eigenvalue weighted by Gasteiger charge is 1.77. The molecule has 0 saturated heterocycles. The average Bonchev–Trinajstić information content (AvgIpc) is 2.36. The number of thioether (sulfide) groups is 3. The molecule has 0 radical (unpaired) electrons. The summed E-state index contributed by atoms with van der Waals surface area (Å²) in [6.07, 6.45) is 0. The molecule has 0 aromatic carbocycles. The molecule has 0 rings (SSSR count). The van der Waals surface area contributed by atoms with Gasteiger partial charge in [-0.15, -0.1) is 23.4 Å². The number of rotatable bonds is 8. The molecule has 0 aromatic rings. The minimum atomic E-state index is -0.182. The van der Waals surface area contributed by atoms with Gasteiger partial charge in [-0.2, -0.15) is 23.5 Å². The molecule has 0 aliphatic rings. The molecule has 0 N–H and O–H groups in total. The monoisotopic (exact) mass is 320 g/mol. The zero-order valence-electron chi connectivity index (χ0n) is 11.2. The van der Waals surface area contributed by atoms with Gasteiger partial charge in [0.25, 0.3) is 0 Å². The first-order valence-electron chi connectivity index (χ1n) is 5.74. The number of alkyl halides is 2. The molecule has 106 valence electrons. The molecule has 0 spiro atoms. The maximum absolute atomic E-state index is 11.2. The summed E-state index contributed by atoms with van der Waals surface area (Å²) in [5.74, 6) is 5.91. The Morgan fingerprint density at radius 3 is 1.71 bits per heavy atom. The van der Waals surface area contributed by atoms with Gasteiger partial charge in [0.2, 0.25) is 0 Å². The van der Waals surface area contributed by atoms with Gasteiger partial charge in [0.15, 0.2) is 0 Å². The van der Waals surface area contributed by atoms with Crippen LogP contribution in [0.4, 0.5) is 4.39 Å². The number of hydrogen-bond donors (Lipinski definition) is 0. The summed E-state index contributed by atoms with van der Waals surface area (Å²) >= 11 is 10.6. The summed E-state index contributed by atoms with van der Waals surface area (Å²) in [5, 5.41) is 1.85. The Morgan fingerprint density at radius 1 is 1.06 bits per heavy atom. The van der Waals surface area contributed by atoms with Crippen LogP contribution < -0.4 is 0 Å². The summed E-state index contributed by atoms with van der Waals surface area (Å²) in [6, 6.07) is 0. The van der Waals surface area contributed by atoms with E-state index in [0.29, 0.717) is 5.75 Å². The minimum absolute atomic E-state index is 0.182. The maximum atomic E-state index is 11.2. The second-order valence-electron chi connectivity index (χ2n) is 2.39. The normalized spacial score (nSPS) is 8.53. The predicted molar refractivity (Wildman–Crippen MR) is 91.0 cm³/mol. The fourth-order valence-electron chi connectivity index (χ4n) is 0.516. The van der Waals surface area contributed by atoms with Crippen LogP contribution in [0.1, 0.15) is 20.8 Å². The van der Waals surface area contributed by atoms with Gasteiger partial charge in [-0.05, 0) is 22.7 Å². The molecule has 0 heterocycles. The highest BCUT2D eigenvalue weighted by Crippen LogP contribution is 1.97. The van der Waals surface area contributed by atoms with Gasteiger partial charge in [0, 0.05) is 17.4 Å². The molecule has 0 aromatic heterocycles. The van der Waals surface area contributed by atoms with Crippen molar-refractivity contribution in [2.24, 2.45) is 0 Å². The smallest absolute Gasteiger partial charge is 0.0984 e. The Morgan fingerprint density at radius 2 is 1.59 bits per heavy atom. The van der Waals surface area contributed by atoms with Crippen LogP contribution in [-0.2, 0) is 0 Å². The van der Waals surface area contributed by atoms with Gasteiger partial charge in [-0.1, -0.05) is 27.4 Å². The van der Waals surface area contributed by atoms with E-state index in [1.807, 2.05) is 24.1 Å². The fraction of sp³-hybridized carbons (Fsp3) is 0.833. The largest absolute Gasteiger partial charge is 0.250 e. The fourth-order valence-corrected chi connectivity index (χ4v) is 1.87. The summed E-state index contributed by atoms with van der Waals surface area (Å²) in [4.78, 5) is 0. The molecular formula is C12H26ClFS3. The van der Waals surface area contributed by atoms with Crippen molar-refractivity contribution >= 4 is 46.9 Å². The molecule has 0 unspecified atom stereocenters. The average molecular weight is 321 g/mol. The van der Waals surface area contributed by atoms with Gasteiger partial charge in [0.1, 0.15) is 0 Å². The van der Waals surface area contributed by atoms with Crippen molar-refractivity contribution in [3.63, 3.8) is 0 Å². The van der Waals surface area contributed by atoms with Crippen LogP contribution in [0.2, 0.25) is 0 Å². The topological polar surface area (TPSA) is 0 Å². The van der Waals surface area contributed by atoms with Gasteiger partial charge in [0.05, 0.1) is 6.67 Å². The lowest BCUT2D eigenvalue weighted by Crippen LogP contribution is -1.78. The second-order valence-corrected chi connectivity index (χ2v) is 6.80. The first kappa shape index (κ1) is 23.1.